The largest absolute Gasteiger partial charge is 0.481 e. The number of rotatable bonds is 3. The van der Waals surface area contributed by atoms with E-state index in [0.29, 0.717) is 5.92 Å². The second-order valence-corrected chi connectivity index (χ2v) is 5.12. The van der Waals surface area contributed by atoms with E-state index in [1.165, 1.54) is 4.90 Å². The van der Waals surface area contributed by atoms with E-state index in [1.54, 1.807) is 7.05 Å². The average molecular weight is 262 g/mol. The van der Waals surface area contributed by atoms with Crippen molar-refractivity contribution in [3.63, 3.8) is 0 Å². The van der Waals surface area contributed by atoms with Crippen LogP contribution in [0.2, 0.25) is 0 Å². The highest BCUT2D eigenvalue weighted by atomic mass is 16.4. The van der Waals surface area contributed by atoms with Crippen LogP contribution in [0.5, 0.6) is 0 Å². The molecule has 1 aliphatic rings. The van der Waals surface area contributed by atoms with Crippen molar-refractivity contribution in [1.82, 2.24) is 0 Å². The molecule has 0 spiro atoms. The maximum absolute atomic E-state index is 12.0. The van der Waals surface area contributed by atoms with E-state index in [4.69, 9.17) is 5.11 Å². The Labute approximate surface area is 112 Å². The molecule has 0 fully saturated rings. The lowest BCUT2D eigenvalue weighted by Gasteiger charge is -2.32. The highest BCUT2D eigenvalue weighted by Gasteiger charge is 2.31. The van der Waals surface area contributed by atoms with E-state index in [9.17, 15) is 9.59 Å². The van der Waals surface area contributed by atoms with Crippen LogP contribution in [-0.4, -0.2) is 30.1 Å². The topological polar surface area (TPSA) is 69.6 Å². The molecular weight excluding hydrogens is 244 g/mol. The summed E-state index contributed by atoms with van der Waals surface area (Å²) in [6.07, 6.45) is -0.214. The summed E-state index contributed by atoms with van der Waals surface area (Å²) in [6, 6.07) is 5.18. The first kappa shape index (κ1) is 13.4. The van der Waals surface area contributed by atoms with Crippen LogP contribution in [0.3, 0.4) is 0 Å². The van der Waals surface area contributed by atoms with Gasteiger partial charge in [0.1, 0.15) is 6.04 Å². The molecule has 19 heavy (non-hydrogen) atoms. The number of benzene rings is 1. The van der Waals surface area contributed by atoms with Crippen LogP contribution >= 0.6 is 0 Å². The summed E-state index contributed by atoms with van der Waals surface area (Å²) in [7, 11) is 1.67. The van der Waals surface area contributed by atoms with Gasteiger partial charge in [0, 0.05) is 7.05 Å². The summed E-state index contributed by atoms with van der Waals surface area (Å²) in [5, 5.41) is 11.9. The Bertz CT molecular complexity index is 525. The first-order valence-corrected chi connectivity index (χ1v) is 6.30. The van der Waals surface area contributed by atoms with Gasteiger partial charge in [-0.25, -0.2) is 0 Å². The summed E-state index contributed by atoms with van der Waals surface area (Å²) in [5.41, 5.74) is 2.76. The zero-order valence-corrected chi connectivity index (χ0v) is 11.3. The molecule has 2 N–H and O–H groups in total. The molecule has 1 aromatic carbocycles. The van der Waals surface area contributed by atoms with Crippen molar-refractivity contribution in [3.8, 4) is 0 Å². The minimum Gasteiger partial charge on any atom is -0.481 e. The van der Waals surface area contributed by atoms with E-state index in [2.05, 4.69) is 19.2 Å². The van der Waals surface area contributed by atoms with Gasteiger partial charge in [-0.15, -0.1) is 0 Å². The maximum Gasteiger partial charge on any atom is 0.305 e. The van der Waals surface area contributed by atoms with Gasteiger partial charge in [-0.3, -0.25) is 9.59 Å². The lowest BCUT2D eigenvalue weighted by atomic mass is 9.99. The van der Waals surface area contributed by atoms with Crippen LogP contribution in [0.15, 0.2) is 18.2 Å². The smallest absolute Gasteiger partial charge is 0.305 e. The Morgan fingerprint density at radius 1 is 1.47 bits per heavy atom. The van der Waals surface area contributed by atoms with Gasteiger partial charge >= 0.3 is 5.97 Å². The predicted octanol–water partition coefficient (Wildman–Crippen LogP) is 2.04. The van der Waals surface area contributed by atoms with E-state index in [0.717, 1.165) is 16.9 Å². The standard InChI is InChI=1S/C14H18N2O3/c1-8(2)9-4-5-12-10(6-9)15-11(7-13(17)18)14(19)16(12)3/h4-6,8,11,15H,7H2,1-3H3,(H,17,18). The van der Waals surface area contributed by atoms with Crippen LogP contribution in [0.25, 0.3) is 0 Å². The molecule has 2 rings (SSSR count). The Morgan fingerprint density at radius 2 is 2.16 bits per heavy atom. The fourth-order valence-electron chi connectivity index (χ4n) is 2.24. The lowest BCUT2D eigenvalue weighted by Crippen LogP contribution is -2.46. The molecule has 0 aliphatic carbocycles. The Hall–Kier alpha value is -2.04. The molecule has 1 unspecified atom stereocenters. The van der Waals surface area contributed by atoms with Gasteiger partial charge in [-0.1, -0.05) is 19.9 Å². The number of carboxylic acids is 1. The van der Waals surface area contributed by atoms with E-state index in [1.807, 2.05) is 18.2 Å². The van der Waals surface area contributed by atoms with E-state index in [-0.39, 0.29) is 12.3 Å². The molecule has 1 aromatic rings. The molecule has 5 heteroatoms. The fourth-order valence-corrected chi connectivity index (χ4v) is 2.24. The number of anilines is 2. The fraction of sp³-hybridized carbons (Fsp3) is 0.429. The summed E-state index contributed by atoms with van der Waals surface area (Å²) in [4.78, 5) is 24.4. The molecule has 0 saturated carbocycles. The van der Waals surface area contributed by atoms with Crippen LogP contribution in [-0.2, 0) is 9.59 Å². The van der Waals surface area contributed by atoms with Gasteiger partial charge in [-0.2, -0.15) is 0 Å². The SMILES string of the molecule is CC(C)c1ccc2c(c1)NC(CC(=O)O)C(=O)N2C. The lowest BCUT2D eigenvalue weighted by molar-refractivity contribution is -0.138. The zero-order valence-electron chi connectivity index (χ0n) is 11.3. The van der Waals surface area contributed by atoms with Crippen LogP contribution in [0, 0.1) is 0 Å². The second kappa shape index (κ2) is 4.91. The summed E-state index contributed by atoms with van der Waals surface area (Å²) in [5.74, 6) is -0.817. The summed E-state index contributed by atoms with van der Waals surface area (Å²) < 4.78 is 0. The zero-order chi connectivity index (χ0) is 14.2. The third kappa shape index (κ3) is 2.54. The van der Waals surface area contributed by atoms with Gasteiger partial charge in [0.25, 0.3) is 0 Å². The number of carbonyl (C=O) groups is 2. The normalized spacial score (nSPS) is 18.2. The predicted molar refractivity (Wildman–Crippen MR) is 73.6 cm³/mol. The number of hydrogen-bond acceptors (Lipinski definition) is 3. The first-order chi connectivity index (χ1) is 8.90. The van der Waals surface area contributed by atoms with Crippen molar-refractivity contribution < 1.29 is 14.7 Å². The van der Waals surface area contributed by atoms with Gasteiger partial charge < -0.3 is 15.3 Å². The number of carboxylic acid groups (broad SMARTS) is 1. The quantitative estimate of drug-likeness (QED) is 0.874. The third-order valence-electron chi connectivity index (χ3n) is 3.39. The van der Waals surface area contributed by atoms with Gasteiger partial charge in [0.15, 0.2) is 0 Å². The van der Waals surface area contributed by atoms with Crippen molar-refractivity contribution in [2.45, 2.75) is 32.2 Å². The number of aliphatic carboxylic acids is 1. The van der Waals surface area contributed by atoms with Gasteiger partial charge in [0.05, 0.1) is 17.8 Å². The Balaban J connectivity index is 2.36. The molecule has 1 atom stereocenters. The number of nitrogens with zero attached hydrogens (tertiary/aromatic N) is 1. The van der Waals surface area contributed by atoms with Crippen molar-refractivity contribution in [3.05, 3.63) is 23.8 Å². The molecular formula is C14H18N2O3. The van der Waals surface area contributed by atoms with Crippen molar-refractivity contribution >= 4 is 23.3 Å². The van der Waals surface area contributed by atoms with Crippen LogP contribution in [0.1, 0.15) is 31.7 Å². The Kier molecular flexibility index (Phi) is 3.46. The van der Waals surface area contributed by atoms with Crippen LogP contribution < -0.4 is 10.2 Å². The molecule has 1 aliphatic heterocycles. The molecule has 0 bridgehead atoms. The average Bonchev–Trinajstić information content (AvgIpc) is 2.34. The highest BCUT2D eigenvalue weighted by molar-refractivity contribution is 6.05. The van der Waals surface area contributed by atoms with Gasteiger partial charge in [-0.05, 0) is 23.6 Å². The molecule has 0 aromatic heterocycles. The van der Waals surface area contributed by atoms with E-state index >= 15 is 0 Å². The molecule has 5 nitrogen and oxygen atoms in total. The molecule has 0 radical (unpaired) electrons. The summed E-state index contributed by atoms with van der Waals surface area (Å²) >= 11 is 0. The van der Waals surface area contributed by atoms with Crippen molar-refractivity contribution in [1.29, 1.82) is 0 Å². The van der Waals surface area contributed by atoms with Crippen LogP contribution in [0.4, 0.5) is 11.4 Å². The maximum atomic E-state index is 12.0. The highest BCUT2D eigenvalue weighted by Crippen LogP contribution is 2.33. The number of likely N-dealkylation sites (N-methyl/N-ethyl adjacent to an activating group) is 1. The summed E-state index contributed by atoms with van der Waals surface area (Å²) in [6.45, 7) is 4.18. The number of hydrogen-bond donors (Lipinski definition) is 2. The first-order valence-electron chi connectivity index (χ1n) is 6.30. The third-order valence-corrected chi connectivity index (χ3v) is 3.39. The molecule has 102 valence electrons. The number of fused-ring (bicyclic) bond motifs is 1. The Morgan fingerprint density at radius 3 is 2.74 bits per heavy atom. The van der Waals surface area contributed by atoms with E-state index < -0.39 is 12.0 Å². The van der Waals surface area contributed by atoms with Crippen molar-refractivity contribution in [2.75, 3.05) is 17.3 Å². The van der Waals surface area contributed by atoms with Crippen molar-refractivity contribution in [2.24, 2.45) is 0 Å². The number of carbonyl (C=O) groups excluding carboxylic acids is 1. The number of nitrogens with one attached hydrogen (secondary N) is 1. The molecule has 0 saturated heterocycles. The minimum absolute atomic E-state index is 0.214. The molecule has 1 amide bonds. The molecule has 1 heterocycles. The minimum atomic E-state index is -0.984. The van der Waals surface area contributed by atoms with Gasteiger partial charge in [0.2, 0.25) is 5.91 Å². The second-order valence-electron chi connectivity index (χ2n) is 5.12. The monoisotopic (exact) mass is 262 g/mol. The number of amides is 1.